The normalized spacial score (nSPS) is 19.4. The monoisotopic (exact) mass is 508 g/mol. The van der Waals surface area contributed by atoms with Gasteiger partial charge in [0.25, 0.3) is 0 Å². The Hall–Kier alpha value is -3.26. The largest absolute Gasteiger partial charge is 0.350 e. The molecule has 37 heavy (non-hydrogen) atoms. The van der Waals surface area contributed by atoms with Gasteiger partial charge in [-0.3, -0.25) is 14.4 Å². The van der Waals surface area contributed by atoms with Crippen molar-refractivity contribution in [2.75, 3.05) is 13.6 Å². The standard InChI is InChI=1S/C29H40N4O4/c1-18(34)14-20-15-24(27(36)31-16-22-12-9-11-21-10-7-8-13-23(21)22)33(17-20)28(37)25(29(3,4)5)32-26(35)19(2)30-6/h7-13,19-20,24-25,30H,14-17H2,1-6H3,(H,31,36)(H,32,35)/t19-,20-,24-,25+/m0/s1. The lowest BCUT2D eigenvalue weighted by Gasteiger charge is -2.36. The maximum atomic E-state index is 13.9. The summed E-state index contributed by atoms with van der Waals surface area (Å²) in [7, 11) is 1.68. The number of rotatable bonds is 9. The molecular formula is C29H40N4O4. The Morgan fingerprint density at radius 3 is 2.38 bits per heavy atom. The third kappa shape index (κ3) is 6.95. The van der Waals surface area contributed by atoms with Crippen molar-refractivity contribution in [3.05, 3.63) is 48.0 Å². The van der Waals surface area contributed by atoms with Crippen LogP contribution in [0, 0.1) is 11.3 Å². The zero-order chi connectivity index (χ0) is 27.3. The van der Waals surface area contributed by atoms with Crippen LogP contribution in [0.15, 0.2) is 42.5 Å². The minimum Gasteiger partial charge on any atom is -0.350 e. The van der Waals surface area contributed by atoms with Gasteiger partial charge < -0.3 is 25.6 Å². The molecule has 0 spiro atoms. The predicted molar refractivity (Wildman–Crippen MR) is 145 cm³/mol. The summed E-state index contributed by atoms with van der Waals surface area (Å²) in [6.07, 6.45) is 0.713. The third-order valence-electron chi connectivity index (χ3n) is 7.11. The molecule has 8 heteroatoms. The molecule has 0 radical (unpaired) electrons. The second-order valence-electron chi connectivity index (χ2n) is 11.2. The van der Waals surface area contributed by atoms with E-state index in [4.69, 9.17) is 0 Å². The number of likely N-dealkylation sites (N-methyl/N-ethyl adjacent to an activating group) is 1. The third-order valence-corrected chi connectivity index (χ3v) is 7.11. The zero-order valence-electron chi connectivity index (χ0n) is 22.8. The summed E-state index contributed by atoms with van der Waals surface area (Å²) in [6.45, 7) is 9.54. The van der Waals surface area contributed by atoms with Crippen molar-refractivity contribution in [3.63, 3.8) is 0 Å². The molecule has 2 aromatic rings. The van der Waals surface area contributed by atoms with Gasteiger partial charge in [0.15, 0.2) is 0 Å². The van der Waals surface area contributed by atoms with Crippen molar-refractivity contribution in [2.24, 2.45) is 11.3 Å². The molecule has 1 heterocycles. The lowest BCUT2D eigenvalue weighted by atomic mass is 9.85. The SMILES string of the molecule is CN[C@@H](C)C(=O)N[C@H](C(=O)N1C[C@@H](CC(C)=O)C[C@H]1C(=O)NCc1cccc2ccccc12)C(C)(C)C. The number of likely N-dealkylation sites (tertiary alicyclic amines) is 1. The van der Waals surface area contributed by atoms with E-state index in [1.54, 1.807) is 18.9 Å². The first-order valence-corrected chi connectivity index (χ1v) is 12.9. The summed E-state index contributed by atoms with van der Waals surface area (Å²) in [4.78, 5) is 53.4. The highest BCUT2D eigenvalue weighted by atomic mass is 16.2. The van der Waals surface area contributed by atoms with Crippen LogP contribution in [0.25, 0.3) is 10.8 Å². The van der Waals surface area contributed by atoms with E-state index >= 15 is 0 Å². The van der Waals surface area contributed by atoms with Crippen molar-refractivity contribution in [3.8, 4) is 0 Å². The molecule has 4 atom stereocenters. The molecule has 1 aliphatic rings. The molecule has 1 saturated heterocycles. The molecule has 1 fully saturated rings. The number of carbonyl (C=O) groups excluding carboxylic acids is 4. The number of fused-ring (bicyclic) bond motifs is 1. The number of hydrogen-bond donors (Lipinski definition) is 3. The van der Waals surface area contributed by atoms with Gasteiger partial charge in [-0.2, -0.15) is 0 Å². The summed E-state index contributed by atoms with van der Waals surface area (Å²) in [5.74, 6) is -0.928. The van der Waals surface area contributed by atoms with Gasteiger partial charge in [0.1, 0.15) is 17.9 Å². The van der Waals surface area contributed by atoms with E-state index < -0.39 is 23.5 Å². The second-order valence-corrected chi connectivity index (χ2v) is 11.2. The summed E-state index contributed by atoms with van der Waals surface area (Å²) < 4.78 is 0. The highest BCUT2D eigenvalue weighted by Gasteiger charge is 2.45. The summed E-state index contributed by atoms with van der Waals surface area (Å²) in [5, 5.41) is 11.0. The molecule has 0 aromatic heterocycles. The Labute approximate surface area is 219 Å². The predicted octanol–water partition coefficient (Wildman–Crippen LogP) is 2.79. The average Bonchev–Trinajstić information content (AvgIpc) is 3.27. The molecule has 8 nitrogen and oxygen atoms in total. The van der Waals surface area contributed by atoms with E-state index in [9.17, 15) is 19.2 Å². The fourth-order valence-electron chi connectivity index (χ4n) is 4.93. The number of hydrogen-bond acceptors (Lipinski definition) is 5. The summed E-state index contributed by atoms with van der Waals surface area (Å²) in [6, 6.07) is 12.0. The number of nitrogens with zero attached hydrogens (tertiary/aromatic N) is 1. The van der Waals surface area contributed by atoms with Gasteiger partial charge in [0.05, 0.1) is 6.04 Å². The number of amides is 3. The van der Waals surface area contributed by atoms with E-state index in [0.29, 0.717) is 25.9 Å². The molecule has 0 bridgehead atoms. The van der Waals surface area contributed by atoms with E-state index in [2.05, 4.69) is 16.0 Å². The minimum absolute atomic E-state index is 0.0257. The number of Topliss-reactive ketones (excluding diaryl/α,β-unsaturated/α-hetero) is 1. The number of carbonyl (C=O) groups is 4. The first kappa shape index (κ1) is 28.3. The molecule has 3 N–H and O–H groups in total. The summed E-state index contributed by atoms with van der Waals surface area (Å²) in [5.41, 5.74) is 0.409. The van der Waals surface area contributed by atoms with Gasteiger partial charge in [-0.05, 0) is 55.0 Å². The summed E-state index contributed by atoms with van der Waals surface area (Å²) >= 11 is 0. The molecule has 3 amide bonds. The molecule has 3 rings (SSSR count). The number of benzene rings is 2. The molecule has 2 aromatic carbocycles. The van der Waals surface area contributed by atoms with E-state index in [1.807, 2.05) is 63.2 Å². The van der Waals surface area contributed by atoms with Gasteiger partial charge in [-0.15, -0.1) is 0 Å². The fourth-order valence-corrected chi connectivity index (χ4v) is 4.93. The van der Waals surface area contributed by atoms with Gasteiger partial charge in [0.2, 0.25) is 17.7 Å². The van der Waals surface area contributed by atoms with Crippen molar-refractivity contribution >= 4 is 34.3 Å². The second kappa shape index (κ2) is 11.9. The first-order chi connectivity index (χ1) is 17.4. The fraction of sp³-hybridized carbons (Fsp3) is 0.517. The Morgan fingerprint density at radius 1 is 1.05 bits per heavy atom. The number of nitrogens with one attached hydrogen (secondary N) is 3. The Kier molecular flexibility index (Phi) is 9.07. The lowest BCUT2D eigenvalue weighted by Crippen LogP contribution is -2.59. The van der Waals surface area contributed by atoms with Crippen LogP contribution in [0.3, 0.4) is 0 Å². The van der Waals surface area contributed by atoms with Crippen molar-refractivity contribution in [1.82, 2.24) is 20.9 Å². The van der Waals surface area contributed by atoms with Gasteiger partial charge in [-0.25, -0.2) is 0 Å². The van der Waals surface area contributed by atoms with Crippen LogP contribution in [0.1, 0.15) is 53.0 Å². The molecule has 0 saturated carbocycles. The average molecular weight is 509 g/mol. The smallest absolute Gasteiger partial charge is 0.246 e. The Bertz CT molecular complexity index is 1150. The topological polar surface area (TPSA) is 108 Å². The Morgan fingerprint density at radius 2 is 1.73 bits per heavy atom. The van der Waals surface area contributed by atoms with E-state index in [-0.39, 0.29) is 29.4 Å². The maximum absolute atomic E-state index is 13.9. The maximum Gasteiger partial charge on any atom is 0.246 e. The zero-order valence-corrected chi connectivity index (χ0v) is 22.8. The van der Waals surface area contributed by atoms with Crippen LogP contribution < -0.4 is 16.0 Å². The molecule has 0 unspecified atom stereocenters. The van der Waals surface area contributed by atoms with Crippen molar-refractivity contribution < 1.29 is 19.2 Å². The highest BCUT2D eigenvalue weighted by Crippen LogP contribution is 2.30. The van der Waals surface area contributed by atoms with Crippen LogP contribution in [0.2, 0.25) is 0 Å². The van der Waals surface area contributed by atoms with Gasteiger partial charge >= 0.3 is 0 Å². The van der Waals surface area contributed by atoms with Crippen LogP contribution >= 0.6 is 0 Å². The van der Waals surface area contributed by atoms with Gasteiger partial charge in [-0.1, -0.05) is 63.2 Å². The van der Waals surface area contributed by atoms with E-state index in [0.717, 1.165) is 16.3 Å². The lowest BCUT2D eigenvalue weighted by molar-refractivity contribution is -0.144. The molecule has 200 valence electrons. The van der Waals surface area contributed by atoms with Crippen LogP contribution in [-0.2, 0) is 25.7 Å². The van der Waals surface area contributed by atoms with Gasteiger partial charge in [0, 0.05) is 19.5 Å². The first-order valence-electron chi connectivity index (χ1n) is 12.9. The number of ketones is 1. The molecular weight excluding hydrogens is 468 g/mol. The van der Waals surface area contributed by atoms with Crippen LogP contribution in [0.5, 0.6) is 0 Å². The Balaban J connectivity index is 1.83. The van der Waals surface area contributed by atoms with Crippen LogP contribution in [0.4, 0.5) is 0 Å². The van der Waals surface area contributed by atoms with E-state index in [1.165, 1.54) is 6.92 Å². The molecule has 0 aliphatic carbocycles. The van der Waals surface area contributed by atoms with Crippen molar-refractivity contribution in [2.45, 2.75) is 72.1 Å². The minimum atomic E-state index is -0.819. The van der Waals surface area contributed by atoms with Crippen molar-refractivity contribution in [1.29, 1.82) is 0 Å². The van der Waals surface area contributed by atoms with Crippen LogP contribution in [-0.4, -0.2) is 60.1 Å². The highest BCUT2D eigenvalue weighted by molar-refractivity contribution is 5.94. The molecule has 1 aliphatic heterocycles. The quantitative estimate of drug-likeness (QED) is 0.483.